The van der Waals surface area contributed by atoms with Gasteiger partial charge in [-0.2, -0.15) is 0 Å². The van der Waals surface area contributed by atoms with Crippen LogP contribution in [0.1, 0.15) is 88.1 Å². The number of unbranched alkanes of at least 4 members (excludes halogenated alkanes) is 3. The van der Waals surface area contributed by atoms with Crippen molar-refractivity contribution in [2.45, 2.75) is 78.6 Å². The molecule has 0 aliphatic rings. The number of rotatable bonds is 13. The summed E-state index contributed by atoms with van der Waals surface area (Å²) in [4.78, 5) is 24.1. The van der Waals surface area contributed by atoms with E-state index in [1.807, 2.05) is 12.1 Å². The summed E-state index contributed by atoms with van der Waals surface area (Å²) in [6.07, 6.45) is 8.79. The molecule has 0 N–H and O–H groups in total. The minimum atomic E-state index is -0.268. The Hall–Kier alpha value is -1.64. The molecule has 0 aliphatic heterocycles. The van der Waals surface area contributed by atoms with E-state index < -0.39 is 0 Å². The molecule has 0 saturated carbocycles. The maximum atomic E-state index is 12.2. The minimum absolute atomic E-state index is 0.268. The van der Waals surface area contributed by atoms with Gasteiger partial charge in [-0.05, 0) is 36.5 Å². The maximum Gasteiger partial charge on any atom is 0.338 e. The van der Waals surface area contributed by atoms with Crippen LogP contribution in [-0.2, 0) is 16.0 Å². The lowest BCUT2D eigenvalue weighted by atomic mass is 10.0. The molecule has 0 fully saturated rings. The highest BCUT2D eigenvalue weighted by Gasteiger charge is 2.12. The highest BCUT2D eigenvalue weighted by molar-refractivity contribution is 5.89. The molecule has 3 heteroatoms. The molecule has 1 aromatic rings. The first-order chi connectivity index (χ1) is 12.1. The van der Waals surface area contributed by atoms with E-state index in [9.17, 15) is 9.59 Å². The second-order valence-corrected chi connectivity index (χ2v) is 6.88. The van der Waals surface area contributed by atoms with Gasteiger partial charge in [0, 0.05) is 12.8 Å². The number of benzene rings is 1. The Labute approximate surface area is 153 Å². The van der Waals surface area contributed by atoms with Crippen LogP contribution in [0.3, 0.4) is 0 Å². The first-order valence-electron chi connectivity index (χ1n) is 9.88. The number of ketones is 1. The molecule has 25 heavy (non-hydrogen) atoms. The SMILES string of the molecule is CCCCCC(=O)Cc1ccc(C(=O)OCC(CC)CCCC)cc1. The van der Waals surface area contributed by atoms with Crippen molar-refractivity contribution in [3.63, 3.8) is 0 Å². The molecule has 0 radical (unpaired) electrons. The molecule has 0 heterocycles. The molecule has 1 atom stereocenters. The van der Waals surface area contributed by atoms with Gasteiger partial charge < -0.3 is 4.74 Å². The van der Waals surface area contributed by atoms with Gasteiger partial charge in [-0.3, -0.25) is 4.79 Å². The minimum Gasteiger partial charge on any atom is -0.462 e. The number of ether oxygens (including phenoxy) is 1. The van der Waals surface area contributed by atoms with Crippen LogP contribution in [0.4, 0.5) is 0 Å². The zero-order valence-corrected chi connectivity index (χ0v) is 16.2. The predicted molar refractivity (Wildman–Crippen MR) is 103 cm³/mol. The van der Waals surface area contributed by atoms with Crippen molar-refractivity contribution in [2.75, 3.05) is 6.61 Å². The van der Waals surface area contributed by atoms with E-state index in [0.29, 0.717) is 30.9 Å². The molecular formula is C22H34O3. The Bertz CT molecular complexity index is 505. The second-order valence-electron chi connectivity index (χ2n) is 6.88. The van der Waals surface area contributed by atoms with Crippen molar-refractivity contribution in [2.24, 2.45) is 5.92 Å². The second kappa shape index (κ2) is 12.7. The highest BCUT2D eigenvalue weighted by Crippen LogP contribution is 2.15. The van der Waals surface area contributed by atoms with Crippen molar-refractivity contribution in [3.8, 4) is 0 Å². The Morgan fingerprint density at radius 1 is 0.960 bits per heavy atom. The molecule has 0 aromatic heterocycles. The molecule has 0 aliphatic carbocycles. The van der Waals surface area contributed by atoms with E-state index in [0.717, 1.165) is 37.7 Å². The smallest absolute Gasteiger partial charge is 0.338 e. The lowest BCUT2D eigenvalue weighted by Crippen LogP contribution is -2.14. The zero-order valence-electron chi connectivity index (χ0n) is 16.2. The quantitative estimate of drug-likeness (QED) is 0.337. The molecule has 1 unspecified atom stereocenters. The Kier molecular flexibility index (Phi) is 10.9. The molecule has 1 rings (SSSR count). The summed E-state index contributed by atoms with van der Waals surface area (Å²) in [6.45, 7) is 6.94. The first-order valence-corrected chi connectivity index (χ1v) is 9.88. The van der Waals surface area contributed by atoms with Gasteiger partial charge >= 0.3 is 5.97 Å². The van der Waals surface area contributed by atoms with Gasteiger partial charge in [-0.15, -0.1) is 0 Å². The van der Waals surface area contributed by atoms with Crippen LogP contribution in [0.5, 0.6) is 0 Å². The number of hydrogen-bond acceptors (Lipinski definition) is 3. The first kappa shape index (κ1) is 21.4. The number of carbonyl (C=O) groups excluding carboxylic acids is 2. The maximum absolute atomic E-state index is 12.2. The fourth-order valence-corrected chi connectivity index (χ4v) is 2.82. The molecule has 0 saturated heterocycles. The summed E-state index contributed by atoms with van der Waals surface area (Å²) in [7, 11) is 0. The average molecular weight is 347 g/mol. The normalized spacial score (nSPS) is 12.0. The Balaban J connectivity index is 2.44. The summed E-state index contributed by atoms with van der Waals surface area (Å²) in [5.41, 5.74) is 1.53. The van der Waals surface area contributed by atoms with E-state index in [2.05, 4.69) is 20.8 Å². The van der Waals surface area contributed by atoms with Gasteiger partial charge in [0.15, 0.2) is 0 Å². The van der Waals surface area contributed by atoms with E-state index in [-0.39, 0.29) is 11.8 Å². The standard InChI is InChI=1S/C22H34O3/c1-4-7-9-11-21(23)16-19-12-14-20(15-13-19)22(24)25-17-18(6-3)10-8-5-2/h12-15,18H,4-11,16-17H2,1-3H3. The fourth-order valence-electron chi connectivity index (χ4n) is 2.82. The largest absolute Gasteiger partial charge is 0.462 e. The summed E-state index contributed by atoms with van der Waals surface area (Å²) >= 11 is 0. The van der Waals surface area contributed by atoms with Crippen LogP contribution in [0, 0.1) is 5.92 Å². The van der Waals surface area contributed by atoms with Crippen LogP contribution in [-0.4, -0.2) is 18.4 Å². The third kappa shape index (κ3) is 8.85. The molecule has 140 valence electrons. The third-order valence-corrected chi connectivity index (χ3v) is 4.64. The monoisotopic (exact) mass is 346 g/mol. The van der Waals surface area contributed by atoms with E-state index in [1.165, 1.54) is 12.8 Å². The van der Waals surface area contributed by atoms with Gasteiger partial charge in [-0.25, -0.2) is 4.79 Å². The average Bonchev–Trinajstić information content (AvgIpc) is 2.62. The summed E-state index contributed by atoms with van der Waals surface area (Å²) < 4.78 is 5.46. The lowest BCUT2D eigenvalue weighted by molar-refractivity contribution is -0.118. The van der Waals surface area contributed by atoms with Crippen LogP contribution in [0.2, 0.25) is 0 Å². The number of carbonyl (C=O) groups is 2. The molecule has 0 spiro atoms. The van der Waals surface area contributed by atoms with Crippen molar-refractivity contribution < 1.29 is 14.3 Å². The molecule has 1 aromatic carbocycles. The van der Waals surface area contributed by atoms with Crippen LogP contribution >= 0.6 is 0 Å². The number of Topliss-reactive ketones (excluding diaryl/α,β-unsaturated/α-hetero) is 1. The van der Waals surface area contributed by atoms with Crippen LogP contribution in [0.25, 0.3) is 0 Å². The summed E-state index contributed by atoms with van der Waals surface area (Å²) in [5.74, 6) is 0.449. The van der Waals surface area contributed by atoms with Crippen LogP contribution in [0.15, 0.2) is 24.3 Å². The molecule has 0 amide bonds. The topological polar surface area (TPSA) is 43.4 Å². The van der Waals surface area contributed by atoms with Crippen molar-refractivity contribution in [1.29, 1.82) is 0 Å². The van der Waals surface area contributed by atoms with E-state index in [1.54, 1.807) is 12.1 Å². The highest BCUT2D eigenvalue weighted by atomic mass is 16.5. The van der Waals surface area contributed by atoms with Crippen molar-refractivity contribution >= 4 is 11.8 Å². The zero-order chi connectivity index (χ0) is 18.5. The molecule has 3 nitrogen and oxygen atoms in total. The summed E-state index contributed by atoms with van der Waals surface area (Å²) in [5, 5.41) is 0. The van der Waals surface area contributed by atoms with E-state index in [4.69, 9.17) is 4.74 Å². The van der Waals surface area contributed by atoms with Gasteiger partial charge in [0.1, 0.15) is 5.78 Å². The van der Waals surface area contributed by atoms with E-state index >= 15 is 0 Å². The Morgan fingerprint density at radius 2 is 1.64 bits per heavy atom. The van der Waals surface area contributed by atoms with Gasteiger partial charge in [-0.1, -0.05) is 65.0 Å². The Morgan fingerprint density at radius 3 is 2.24 bits per heavy atom. The lowest BCUT2D eigenvalue weighted by Gasteiger charge is -2.14. The van der Waals surface area contributed by atoms with Gasteiger partial charge in [0.2, 0.25) is 0 Å². The molecule has 0 bridgehead atoms. The number of hydrogen-bond donors (Lipinski definition) is 0. The van der Waals surface area contributed by atoms with Crippen molar-refractivity contribution in [1.82, 2.24) is 0 Å². The fraction of sp³-hybridized carbons (Fsp3) is 0.636. The molecular weight excluding hydrogens is 312 g/mol. The third-order valence-electron chi connectivity index (χ3n) is 4.64. The van der Waals surface area contributed by atoms with Gasteiger partial charge in [0.25, 0.3) is 0 Å². The van der Waals surface area contributed by atoms with Gasteiger partial charge in [0.05, 0.1) is 12.2 Å². The predicted octanol–water partition coefficient (Wildman–Crippen LogP) is 5.75. The van der Waals surface area contributed by atoms with Crippen molar-refractivity contribution in [3.05, 3.63) is 35.4 Å². The van der Waals surface area contributed by atoms with Crippen LogP contribution < -0.4 is 0 Å². The summed E-state index contributed by atoms with van der Waals surface area (Å²) in [6, 6.07) is 7.26. The number of esters is 1.